The van der Waals surface area contributed by atoms with Crippen LogP contribution in [-0.4, -0.2) is 75.6 Å². The topological polar surface area (TPSA) is 128 Å². The summed E-state index contributed by atoms with van der Waals surface area (Å²) in [7, 11) is 0. The molecule has 3 aliphatic rings. The summed E-state index contributed by atoms with van der Waals surface area (Å²) in [6.45, 7) is 4.54. The molecule has 0 radical (unpaired) electrons. The number of nitrogen functional groups attached to an aromatic ring is 1. The summed E-state index contributed by atoms with van der Waals surface area (Å²) in [6, 6.07) is 9.15. The maximum Gasteiger partial charge on any atom is 0.254 e. The van der Waals surface area contributed by atoms with E-state index in [9.17, 15) is 9.59 Å². The van der Waals surface area contributed by atoms with Gasteiger partial charge in [0.25, 0.3) is 5.91 Å². The summed E-state index contributed by atoms with van der Waals surface area (Å²) < 4.78 is 12.3. The standard InChI is InChI=1S/C27H29BrN6O4/c1-15-10-20(28)21(29)11-17(15)26(35)34-12-18-19(14-37-23(18)13-34)27(36)33-8-5-16(6-9-33)25-31-24(32-38-25)22-4-2-3-7-30-22/h2-4,7,10-11,16,18-19,23H,5-6,8-9,12-14,29H2,1H3/t18-,19-,23-/m1/s1. The molecule has 3 aliphatic heterocycles. The number of piperidine rings is 1. The minimum absolute atomic E-state index is 0.00542. The molecule has 6 rings (SSSR count). The van der Waals surface area contributed by atoms with Crippen LogP contribution in [-0.2, 0) is 9.53 Å². The second-order valence-corrected chi connectivity index (χ2v) is 11.2. The summed E-state index contributed by atoms with van der Waals surface area (Å²) in [5.74, 6) is 0.965. The third kappa shape index (κ3) is 4.58. The number of nitrogens with two attached hydrogens (primary N) is 1. The van der Waals surface area contributed by atoms with Crippen molar-refractivity contribution in [2.45, 2.75) is 31.8 Å². The largest absolute Gasteiger partial charge is 0.398 e. The van der Waals surface area contributed by atoms with Gasteiger partial charge in [-0.05, 0) is 65.5 Å². The number of aromatic nitrogens is 3. The molecule has 1 aromatic carbocycles. The normalized spacial score (nSPS) is 23.6. The monoisotopic (exact) mass is 580 g/mol. The van der Waals surface area contributed by atoms with Gasteiger partial charge in [-0.25, -0.2) is 0 Å². The molecule has 3 aromatic rings. The van der Waals surface area contributed by atoms with E-state index in [0.29, 0.717) is 61.4 Å². The summed E-state index contributed by atoms with van der Waals surface area (Å²) >= 11 is 3.42. The number of benzene rings is 1. The van der Waals surface area contributed by atoms with Gasteiger partial charge in [0.15, 0.2) is 0 Å². The van der Waals surface area contributed by atoms with E-state index in [1.807, 2.05) is 36.1 Å². The van der Waals surface area contributed by atoms with Crippen LogP contribution in [0.1, 0.15) is 40.6 Å². The molecular weight excluding hydrogens is 552 g/mol. The van der Waals surface area contributed by atoms with Crippen molar-refractivity contribution in [2.75, 3.05) is 38.5 Å². The number of hydrogen-bond acceptors (Lipinski definition) is 8. The zero-order valence-electron chi connectivity index (χ0n) is 21.0. The first-order valence-electron chi connectivity index (χ1n) is 12.9. The molecule has 2 aromatic heterocycles. The lowest BCUT2D eigenvalue weighted by Gasteiger charge is -2.33. The summed E-state index contributed by atoms with van der Waals surface area (Å²) in [6.07, 6.45) is 3.09. The van der Waals surface area contributed by atoms with Crippen molar-refractivity contribution in [1.29, 1.82) is 0 Å². The summed E-state index contributed by atoms with van der Waals surface area (Å²) in [5, 5.41) is 4.09. The molecule has 2 N–H and O–H groups in total. The van der Waals surface area contributed by atoms with Gasteiger partial charge in [-0.3, -0.25) is 14.6 Å². The first kappa shape index (κ1) is 25.0. The number of anilines is 1. The van der Waals surface area contributed by atoms with Gasteiger partial charge in [0.05, 0.1) is 18.6 Å². The van der Waals surface area contributed by atoms with Crippen LogP contribution in [0.5, 0.6) is 0 Å². The molecule has 10 nitrogen and oxygen atoms in total. The van der Waals surface area contributed by atoms with Crippen molar-refractivity contribution in [3.8, 4) is 11.5 Å². The van der Waals surface area contributed by atoms with E-state index < -0.39 is 0 Å². The molecule has 0 spiro atoms. The number of carbonyl (C=O) groups excluding carboxylic acids is 2. The molecule has 3 atom stereocenters. The number of hydrogen-bond donors (Lipinski definition) is 1. The first-order chi connectivity index (χ1) is 18.4. The number of ether oxygens (including phenoxy) is 1. The van der Waals surface area contributed by atoms with E-state index in [2.05, 4.69) is 31.1 Å². The number of fused-ring (bicyclic) bond motifs is 1. The van der Waals surface area contributed by atoms with Crippen molar-refractivity contribution in [3.63, 3.8) is 0 Å². The first-order valence-corrected chi connectivity index (χ1v) is 13.7. The molecule has 0 aliphatic carbocycles. The van der Waals surface area contributed by atoms with Crippen molar-refractivity contribution in [2.24, 2.45) is 11.8 Å². The Morgan fingerprint density at radius 1 is 1.13 bits per heavy atom. The number of amides is 2. The van der Waals surface area contributed by atoms with Crippen LogP contribution in [0.4, 0.5) is 5.69 Å². The highest BCUT2D eigenvalue weighted by Crippen LogP contribution is 2.37. The number of aryl methyl sites for hydroxylation is 1. The second kappa shape index (κ2) is 10.1. The number of rotatable bonds is 4. The van der Waals surface area contributed by atoms with E-state index in [-0.39, 0.29) is 35.7 Å². The Hall–Kier alpha value is -3.31. The molecule has 198 valence electrons. The smallest absolute Gasteiger partial charge is 0.254 e. The minimum Gasteiger partial charge on any atom is -0.398 e. The van der Waals surface area contributed by atoms with Crippen LogP contribution >= 0.6 is 15.9 Å². The lowest BCUT2D eigenvalue weighted by molar-refractivity contribution is -0.137. The molecule has 3 fully saturated rings. The third-order valence-electron chi connectivity index (χ3n) is 7.99. The molecule has 0 saturated carbocycles. The van der Waals surface area contributed by atoms with Crippen LogP contribution in [0.25, 0.3) is 11.5 Å². The Balaban J connectivity index is 1.07. The Labute approximate surface area is 228 Å². The molecule has 5 heterocycles. The highest BCUT2D eigenvalue weighted by molar-refractivity contribution is 9.10. The number of likely N-dealkylation sites (tertiary alicyclic amines) is 2. The molecule has 11 heteroatoms. The average Bonchev–Trinajstić information content (AvgIpc) is 3.67. The van der Waals surface area contributed by atoms with Gasteiger partial charge >= 0.3 is 0 Å². The molecular formula is C27H29BrN6O4. The number of nitrogens with zero attached hydrogens (tertiary/aromatic N) is 5. The number of pyridine rings is 1. The molecule has 38 heavy (non-hydrogen) atoms. The summed E-state index contributed by atoms with van der Waals surface area (Å²) in [5.41, 5.74) is 8.68. The van der Waals surface area contributed by atoms with Gasteiger partial charge in [0.1, 0.15) is 5.69 Å². The Morgan fingerprint density at radius 3 is 2.71 bits per heavy atom. The Bertz CT molecular complexity index is 1360. The highest BCUT2D eigenvalue weighted by atomic mass is 79.9. The van der Waals surface area contributed by atoms with Crippen LogP contribution in [0.15, 0.2) is 45.5 Å². The fourth-order valence-corrected chi connectivity index (χ4v) is 6.26. The van der Waals surface area contributed by atoms with Gasteiger partial charge in [0, 0.05) is 59.9 Å². The molecule has 3 saturated heterocycles. The zero-order valence-corrected chi connectivity index (χ0v) is 22.6. The minimum atomic E-state index is -0.246. The predicted molar refractivity (Wildman–Crippen MR) is 142 cm³/mol. The Morgan fingerprint density at radius 2 is 1.95 bits per heavy atom. The molecule has 0 bridgehead atoms. The van der Waals surface area contributed by atoms with E-state index in [0.717, 1.165) is 22.9 Å². The quantitative estimate of drug-likeness (QED) is 0.465. The maximum atomic E-state index is 13.5. The van der Waals surface area contributed by atoms with Gasteiger partial charge in [-0.2, -0.15) is 4.98 Å². The lowest BCUT2D eigenvalue weighted by Crippen LogP contribution is -2.44. The van der Waals surface area contributed by atoms with Crippen molar-refractivity contribution >= 4 is 33.4 Å². The fraction of sp³-hybridized carbons (Fsp3) is 0.444. The van der Waals surface area contributed by atoms with Crippen LogP contribution < -0.4 is 5.73 Å². The number of halogens is 1. The van der Waals surface area contributed by atoms with Gasteiger partial charge in [-0.1, -0.05) is 11.2 Å². The Kier molecular flexibility index (Phi) is 6.65. The van der Waals surface area contributed by atoms with Gasteiger partial charge in [-0.15, -0.1) is 0 Å². The van der Waals surface area contributed by atoms with Crippen molar-refractivity contribution in [3.05, 3.63) is 58.0 Å². The van der Waals surface area contributed by atoms with Crippen LogP contribution in [0.2, 0.25) is 0 Å². The fourth-order valence-electron chi connectivity index (χ4n) is 5.80. The van der Waals surface area contributed by atoms with E-state index in [4.69, 9.17) is 15.0 Å². The van der Waals surface area contributed by atoms with Gasteiger partial charge in [0.2, 0.25) is 17.6 Å². The van der Waals surface area contributed by atoms with E-state index in [1.165, 1.54) is 0 Å². The second-order valence-electron chi connectivity index (χ2n) is 10.3. The van der Waals surface area contributed by atoms with Gasteiger partial charge < -0.3 is 24.8 Å². The molecule has 0 unspecified atom stereocenters. The van der Waals surface area contributed by atoms with Crippen LogP contribution in [0.3, 0.4) is 0 Å². The summed E-state index contributed by atoms with van der Waals surface area (Å²) in [4.78, 5) is 39.3. The van der Waals surface area contributed by atoms with Crippen LogP contribution in [0, 0.1) is 18.8 Å². The third-order valence-corrected chi connectivity index (χ3v) is 8.67. The van der Waals surface area contributed by atoms with Crippen molar-refractivity contribution < 1.29 is 18.8 Å². The SMILES string of the molecule is Cc1cc(Br)c(N)cc1C(=O)N1C[C@H]2[C@@H](C1)OC[C@H]2C(=O)N1CCC(c2nc(-c3ccccn3)no2)CC1. The van der Waals surface area contributed by atoms with E-state index in [1.54, 1.807) is 17.2 Å². The zero-order chi connectivity index (χ0) is 26.4. The van der Waals surface area contributed by atoms with E-state index >= 15 is 0 Å². The lowest BCUT2D eigenvalue weighted by atomic mass is 9.90. The average molecular weight is 581 g/mol. The maximum absolute atomic E-state index is 13.5. The number of carbonyl (C=O) groups is 2. The van der Waals surface area contributed by atoms with Crippen molar-refractivity contribution in [1.82, 2.24) is 24.9 Å². The predicted octanol–water partition coefficient (Wildman–Crippen LogP) is 3.28. The highest BCUT2D eigenvalue weighted by Gasteiger charge is 2.49. The molecule has 2 amide bonds.